The number of sulfonamides is 1. The molecule has 0 aliphatic rings. The molecule has 8 nitrogen and oxygen atoms in total. The van der Waals surface area contributed by atoms with E-state index >= 15 is 0 Å². The Kier molecular flexibility index (Phi) is 8.54. The predicted octanol–water partition coefficient (Wildman–Crippen LogP) is 3.74. The fourth-order valence-corrected chi connectivity index (χ4v) is 5.15. The Labute approximate surface area is 199 Å². The van der Waals surface area contributed by atoms with E-state index in [0.29, 0.717) is 11.5 Å². The second-order valence-electron chi connectivity index (χ2n) is 7.63. The second-order valence-corrected chi connectivity index (χ2v) is 9.92. The van der Waals surface area contributed by atoms with Crippen molar-refractivity contribution in [1.29, 1.82) is 0 Å². The minimum atomic E-state index is -3.93. The van der Waals surface area contributed by atoms with Crippen molar-refractivity contribution in [3.05, 3.63) is 83.7 Å². The first-order valence-electron chi connectivity index (χ1n) is 10.5. The number of hydrogen-bond donors (Lipinski definition) is 0. The molecular weight excluding hydrogens is 461 g/mol. The van der Waals surface area contributed by atoms with Crippen molar-refractivity contribution in [1.82, 2.24) is 14.3 Å². The van der Waals surface area contributed by atoms with Crippen molar-refractivity contribution in [2.75, 3.05) is 21.3 Å². The number of aromatic nitrogens is 2. The molecule has 0 saturated heterocycles. The molecule has 0 amide bonds. The average molecular weight is 490 g/mol. The van der Waals surface area contributed by atoms with Gasteiger partial charge in [0.25, 0.3) is 0 Å². The van der Waals surface area contributed by atoms with Gasteiger partial charge >= 0.3 is 0 Å². The van der Waals surface area contributed by atoms with Gasteiger partial charge in [-0.05, 0) is 42.3 Å². The molecule has 1 aromatic heterocycles. The summed E-state index contributed by atoms with van der Waals surface area (Å²) in [5.74, 6) is 0.827. The molecule has 0 aliphatic carbocycles. The van der Waals surface area contributed by atoms with Crippen LogP contribution in [0.2, 0.25) is 0 Å². The zero-order valence-corrected chi connectivity index (χ0v) is 20.3. The summed E-state index contributed by atoms with van der Waals surface area (Å²) in [6.45, 7) is 1.79. The van der Waals surface area contributed by atoms with Gasteiger partial charge in [-0.1, -0.05) is 24.3 Å². The highest BCUT2D eigenvalue weighted by molar-refractivity contribution is 7.89. The van der Waals surface area contributed by atoms with Gasteiger partial charge < -0.3 is 14.2 Å². The molecule has 0 aliphatic heterocycles. The van der Waals surface area contributed by atoms with Crippen LogP contribution in [0.15, 0.2) is 60.9 Å². The Hall–Kier alpha value is -3.08. The lowest BCUT2D eigenvalue weighted by Gasteiger charge is -2.29. The van der Waals surface area contributed by atoms with Crippen LogP contribution in [0.25, 0.3) is 0 Å². The van der Waals surface area contributed by atoms with Crippen molar-refractivity contribution in [2.45, 2.75) is 31.4 Å². The van der Waals surface area contributed by atoms with Crippen LogP contribution in [0.3, 0.4) is 0 Å². The number of methoxy groups -OCH3 is 3. The van der Waals surface area contributed by atoms with E-state index in [1.807, 2.05) is 24.3 Å². The maximum atomic E-state index is 13.8. The van der Waals surface area contributed by atoms with Crippen LogP contribution < -0.4 is 9.47 Å². The zero-order chi connectivity index (χ0) is 24.7. The third-order valence-electron chi connectivity index (χ3n) is 5.44. The monoisotopic (exact) mass is 489 g/mol. The standard InChI is InChI=1S/C24H28FN3O5S/c1-17(23(33-4)24-26-13-20(25)14-27-24)34(29,30)28(15-18-5-9-21(31-2)10-6-18)16-19-7-11-22(32-3)12-8-19/h5-14,17,23H,15-16H2,1-4H3/t17-,23+/m1/s1. The molecule has 0 fully saturated rings. The minimum absolute atomic E-state index is 0.0915. The topological polar surface area (TPSA) is 90.9 Å². The van der Waals surface area contributed by atoms with E-state index in [1.165, 1.54) is 18.3 Å². The highest BCUT2D eigenvalue weighted by Gasteiger charge is 2.37. The van der Waals surface area contributed by atoms with Crippen LogP contribution in [-0.4, -0.2) is 49.3 Å². The van der Waals surface area contributed by atoms with Crippen LogP contribution in [0.4, 0.5) is 4.39 Å². The first kappa shape index (κ1) is 25.5. The van der Waals surface area contributed by atoms with Gasteiger partial charge in [0.15, 0.2) is 11.6 Å². The Balaban J connectivity index is 1.94. The summed E-state index contributed by atoms with van der Waals surface area (Å²) in [5.41, 5.74) is 1.58. The molecule has 0 unspecified atom stereocenters. The van der Waals surface area contributed by atoms with E-state index in [2.05, 4.69) is 9.97 Å². The maximum Gasteiger partial charge on any atom is 0.220 e. The molecule has 2 atom stereocenters. The van der Waals surface area contributed by atoms with Crippen LogP contribution in [-0.2, 0) is 27.8 Å². The second kappa shape index (κ2) is 11.4. The number of hydrogen-bond acceptors (Lipinski definition) is 7. The molecule has 3 rings (SSSR count). The smallest absolute Gasteiger partial charge is 0.220 e. The average Bonchev–Trinajstić information content (AvgIpc) is 2.86. The highest BCUT2D eigenvalue weighted by Crippen LogP contribution is 2.28. The van der Waals surface area contributed by atoms with Crippen molar-refractivity contribution < 1.29 is 27.0 Å². The summed E-state index contributed by atoms with van der Waals surface area (Å²) < 4.78 is 58.1. The molecule has 0 saturated carbocycles. The van der Waals surface area contributed by atoms with Crippen LogP contribution >= 0.6 is 0 Å². The molecule has 2 aromatic carbocycles. The van der Waals surface area contributed by atoms with E-state index in [0.717, 1.165) is 23.5 Å². The lowest BCUT2D eigenvalue weighted by molar-refractivity contribution is 0.0928. The van der Waals surface area contributed by atoms with E-state index in [-0.39, 0.29) is 18.9 Å². The maximum absolute atomic E-state index is 13.8. The SMILES string of the molecule is COc1ccc(CN(Cc2ccc(OC)cc2)S(=O)(=O)[C@H](C)[C@H](OC)c2ncc(F)cn2)cc1. The molecule has 34 heavy (non-hydrogen) atoms. The zero-order valence-electron chi connectivity index (χ0n) is 19.5. The van der Waals surface area contributed by atoms with E-state index < -0.39 is 27.2 Å². The van der Waals surface area contributed by atoms with E-state index in [1.54, 1.807) is 38.5 Å². The van der Waals surface area contributed by atoms with Crippen molar-refractivity contribution in [3.63, 3.8) is 0 Å². The third-order valence-corrected chi connectivity index (χ3v) is 7.61. The molecule has 0 N–H and O–H groups in total. The van der Waals surface area contributed by atoms with Crippen molar-refractivity contribution in [2.24, 2.45) is 0 Å². The lowest BCUT2D eigenvalue weighted by atomic mass is 10.2. The fraction of sp³-hybridized carbons (Fsp3) is 0.333. The number of ether oxygens (including phenoxy) is 3. The third kappa shape index (κ3) is 6.07. The molecule has 0 spiro atoms. The number of rotatable bonds is 11. The molecule has 3 aromatic rings. The molecule has 10 heteroatoms. The van der Waals surface area contributed by atoms with Gasteiger partial charge in [0, 0.05) is 20.2 Å². The van der Waals surface area contributed by atoms with Gasteiger partial charge in [-0.3, -0.25) is 0 Å². The molecular formula is C24H28FN3O5S. The van der Waals surface area contributed by atoms with Gasteiger partial charge in [-0.25, -0.2) is 22.8 Å². The summed E-state index contributed by atoms with van der Waals surface area (Å²) in [6, 6.07) is 14.4. The molecule has 182 valence electrons. The van der Waals surface area contributed by atoms with Gasteiger partial charge in [-0.2, -0.15) is 4.31 Å². The van der Waals surface area contributed by atoms with Crippen LogP contribution in [0.5, 0.6) is 11.5 Å². The van der Waals surface area contributed by atoms with Crippen LogP contribution in [0.1, 0.15) is 30.0 Å². The Morgan fingerprint density at radius 1 is 0.853 bits per heavy atom. The van der Waals surface area contributed by atoms with Gasteiger partial charge in [0.1, 0.15) is 22.9 Å². The fourth-order valence-electron chi connectivity index (χ4n) is 3.47. The Morgan fingerprint density at radius 3 is 1.68 bits per heavy atom. The first-order chi connectivity index (χ1) is 16.3. The van der Waals surface area contributed by atoms with Gasteiger partial charge in [0.2, 0.25) is 10.0 Å². The van der Waals surface area contributed by atoms with Crippen LogP contribution in [0, 0.1) is 5.82 Å². The lowest BCUT2D eigenvalue weighted by Crippen LogP contribution is -2.40. The predicted molar refractivity (Wildman–Crippen MR) is 125 cm³/mol. The normalized spacial score (nSPS) is 13.5. The summed E-state index contributed by atoms with van der Waals surface area (Å²) >= 11 is 0. The molecule has 0 bridgehead atoms. The van der Waals surface area contributed by atoms with E-state index in [4.69, 9.17) is 14.2 Å². The highest BCUT2D eigenvalue weighted by atomic mass is 32.2. The Bertz CT molecular complexity index is 1110. The van der Waals surface area contributed by atoms with E-state index in [9.17, 15) is 12.8 Å². The number of halogens is 1. The largest absolute Gasteiger partial charge is 0.497 e. The van der Waals surface area contributed by atoms with Crippen molar-refractivity contribution >= 4 is 10.0 Å². The summed E-state index contributed by atoms with van der Waals surface area (Å²) in [6.07, 6.45) is 0.986. The van der Waals surface area contributed by atoms with Crippen molar-refractivity contribution in [3.8, 4) is 11.5 Å². The summed E-state index contributed by atoms with van der Waals surface area (Å²) in [4.78, 5) is 7.86. The van der Waals surface area contributed by atoms with Gasteiger partial charge in [0.05, 0.1) is 26.6 Å². The summed E-state index contributed by atoms with van der Waals surface area (Å²) in [7, 11) is 0.587. The number of benzene rings is 2. The minimum Gasteiger partial charge on any atom is -0.497 e. The number of nitrogens with zero attached hydrogens (tertiary/aromatic N) is 3. The Morgan fingerprint density at radius 2 is 1.29 bits per heavy atom. The quantitative estimate of drug-likeness (QED) is 0.405. The molecule has 1 heterocycles. The molecule has 0 radical (unpaired) electrons. The first-order valence-corrected chi connectivity index (χ1v) is 12.0. The summed E-state index contributed by atoms with van der Waals surface area (Å²) in [5, 5.41) is -1.04. The van der Waals surface area contributed by atoms with Gasteiger partial charge in [-0.15, -0.1) is 0 Å².